The lowest BCUT2D eigenvalue weighted by Gasteiger charge is -2.05. The van der Waals surface area contributed by atoms with Gasteiger partial charge in [-0.15, -0.1) is 5.10 Å². The van der Waals surface area contributed by atoms with Crippen LogP contribution in [0.1, 0.15) is 17.8 Å². The lowest BCUT2D eigenvalue weighted by atomic mass is 10.1. The van der Waals surface area contributed by atoms with Crippen molar-refractivity contribution in [3.05, 3.63) is 41.7 Å². The molecular formula is C14H17N5O3. The molecule has 1 amide bonds. The molecule has 8 heteroatoms. The third-order valence-electron chi connectivity index (χ3n) is 3.04. The largest absolute Gasteiger partial charge is 0.480 e. The van der Waals surface area contributed by atoms with Gasteiger partial charge in [0.15, 0.2) is 5.82 Å². The number of hydrogen-bond donors (Lipinski definition) is 2. The van der Waals surface area contributed by atoms with Gasteiger partial charge in [-0.1, -0.05) is 30.3 Å². The van der Waals surface area contributed by atoms with Gasteiger partial charge in [0.05, 0.1) is 6.42 Å². The summed E-state index contributed by atoms with van der Waals surface area (Å²) in [5.74, 6) is -1.08. The molecule has 1 aromatic heterocycles. The molecule has 116 valence electrons. The number of aromatic nitrogens is 4. The first-order valence-corrected chi connectivity index (χ1v) is 6.92. The van der Waals surface area contributed by atoms with Crippen molar-refractivity contribution in [3.63, 3.8) is 0 Å². The van der Waals surface area contributed by atoms with Crippen molar-refractivity contribution in [2.24, 2.45) is 0 Å². The number of rotatable bonds is 8. The Labute approximate surface area is 127 Å². The van der Waals surface area contributed by atoms with E-state index in [1.807, 2.05) is 18.2 Å². The van der Waals surface area contributed by atoms with E-state index in [9.17, 15) is 9.59 Å². The van der Waals surface area contributed by atoms with E-state index in [2.05, 4.69) is 33.0 Å². The molecule has 0 saturated heterocycles. The minimum absolute atomic E-state index is 0.0361. The highest BCUT2D eigenvalue weighted by molar-refractivity contribution is 5.82. The number of carbonyl (C=O) groups is 2. The maximum absolute atomic E-state index is 11.6. The summed E-state index contributed by atoms with van der Waals surface area (Å²) < 4.78 is 1.57. The van der Waals surface area contributed by atoms with Crippen LogP contribution >= 0.6 is 0 Å². The molecule has 0 atom stereocenters. The summed E-state index contributed by atoms with van der Waals surface area (Å²) in [6, 6.07) is 10.1. The molecule has 1 aromatic carbocycles. The average molecular weight is 303 g/mol. The summed E-state index contributed by atoms with van der Waals surface area (Å²) in [6.45, 7) is 0.192. The van der Waals surface area contributed by atoms with Crippen LogP contribution in [0, 0.1) is 0 Å². The van der Waals surface area contributed by atoms with Crippen molar-refractivity contribution in [3.8, 4) is 0 Å². The van der Waals surface area contributed by atoms with Gasteiger partial charge in [0, 0.05) is 6.54 Å². The quantitative estimate of drug-likeness (QED) is 0.713. The van der Waals surface area contributed by atoms with Gasteiger partial charge in [-0.05, 0) is 28.8 Å². The average Bonchev–Trinajstić information content (AvgIpc) is 2.93. The monoisotopic (exact) mass is 303 g/mol. The number of benzene rings is 1. The molecule has 8 nitrogen and oxygen atoms in total. The molecule has 0 fully saturated rings. The smallest absolute Gasteiger partial charge is 0.322 e. The van der Waals surface area contributed by atoms with Gasteiger partial charge in [-0.3, -0.25) is 9.59 Å². The summed E-state index contributed by atoms with van der Waals surface area (Å²) in [5.41, 5.74) is 1.23. The number of tetrazole rings is 1. The Morgan fingerprint density at radius 3 is 2.73 bits per heavy atom. The van der Waals surface area contributed by atoms with Gasteiger partial charge >= 0.3 is 5.97 Å². The normalized spacial score (nSPS) is 10.4. The summed E-state index contributed by atoms with van der Waals surface area (Å²) >= 11 is 0. The number of aryl methyl sites for hydroxylation is 2. The van der Waals surface area contributed by atoms with E-state index in [4.69, 9.17) is 5.11 Å². The highest BCUT2D eigenvalue weighted by Crippen LogP contribution is 2.04. The van der Waals surface area contributed by atoms with Crippen LogP contribution in [0.15, 0.2) is 30.3 Å². The Bertz CT molecular complexity index is 626. The van der Waals surface area contributed by atoms with Crippen LogP contribution in [0.5, 0.6) is 0 Å². The van der Waals surface area contributed by atoms with Gasteiger partial charge in [0.25, 0.3) is 0 Å². The van der Waals surface area contributed by atoms with Crippen molar-refractivity contribution in [2.45, 2.75) is 25.8 Å². The molecule has 0 unspecified atom stereocenters. The molecule has 0 aliphatic carbocycles. The summed E-state index contributed by atoms with van der Waals surface area (Å²) in [4.78, 5) is 22.0. The molecule has 0 saturated carbocycles. The highest BCUT2D eigenvalue weighted by Gasteiger charge is 2.12. The second-order valence-corrected chi connectivity index (χ2v) is 4.75. The topological polar surface area (TPSA) is 110 Å². The van der Waals surface area contributed by atoms with Crippen molar-refractivity contribution in [1.82, 2.24) is 25.5 Å². The van der Waals surface area contributed by atoms with Crippen LogP contribution in [0.3, 0.4) is 0 Å². The molecule has 1 heterocycles. The third kappa shape index (κ3) is 4.97. The van der Waals surface area contributed by atoms with Gasteiger partial charge in [-0.2, -0.15) is 0 Å². The van der Waals surface area contributed by atoms with Gasteiger partial charge in [-0.25, -0.2) is 4.68 Å². The van der Waals surface area contributed by atoms with Gasteiger partial charge in [0.1, 0.15) is 6.54 Å². The summed E-state index contributed by atoms with van der Waals surface area (Å²) in [7, 11) is 0. The maximum Gasteiger partial charge on any atom is 0.322 e. The summed E-state index contributed by atoms with van der Waals surface area (Å²) in [6.07, 6.45) is 1.70. The van der Waals surface area contributed by atoms with E-state index in [-0.39, 0.29) is 6.42 Å². The van der Waals surface area contributed by atoms with Gasteiger partial charge in [0.2, 0.25) is 5.91 Å². The number of nitrogens with one attached hydrogen (secondary N) is 1. The van der Waals surface area contributed by atoms with Crippen LogP contribution in [-0.4, -0.2) is 43.7 Å². The molecule has 0 bridgehead atoms. The van der Waals surface area contributed by atoms with Crippen LogP contribution in [0.2, 0.25) is 0 Å². The minimum atomic E-state index is -1.09. The van der Waals surface area contributed by atoms with Crippen LogP contribution in [0.25, 0.3) is 0 Å². The molecule has 0 aliphatic heterocycles. The number of amides is 1. The number of nitrogens with zero attached hydrogens (tertiary/aromatic N) is 4. The number of carbonyl (C=O) groups excluding carboxylic acids is 1. The summed E-state index contributed by atoms with van der Waals surface area (Å²) in [5, 5.41) is 22.0. The Hall–Kier alpha value is -2.77. The van der Waals surface area contributed by atoms with Crippen molar-refractivity contribution in [2.75, 3.05) is 6.54 Å². The van der Waals surface area contributed by atoms with Crippen LogP contribution in [0.4, 0.5) is 0 Å². The van der Waals surface area contributed by atoms with Crippen molar-refractivity contribution >= 4 is 11.9 Å². The Balaban J connectivity index is 1.81. The number of hydrogen-bond acceptors (Lipinski definition) is 5. The Kier molecular flexibility index (Phi) is 5.58. The first-order valence-electron chi connectivity index (χ1n) is 6.92. The molecule has 0 aliphatic rings. The molecule has 22 heavy (non-hydrogen) atoms. The zero-order valence-electron chi connectivity index (χ0n) is 12.0. The molecular weight excluding hydrogens is 286 g/mol. The fourth-order valence-electron chi connectivity index (χ4n) is 1.98. The third-order valence-corrected chi connectivity index (χ3v) is 3.04. The fourth-order valence-corrected chi connectivity index (χ4v) is 1.98. The number of aliphatic carboxylic acids is 1. The SMILES string of the molecule is O=C(O)CNC(=O)Cc1nnnn1CCCc1ccccc1. The number of carboxylic acid groups (broad SMARTS) is 1. The molecule has 0 spiro atoms. The number of carboxylic acids is 1. The molecule has 0 radical (unpaired) electrons. The van der Waals surface area contributed by atoms with E-state index in [0.717, 1.165) is 12.8 Å². The van der Waals surface area contributed by atoms with E-state index in [1.165, 1.54) is 5.56 Å². The van der Waals surface area contributed by atoms with Crippen molar-refractivity contribution in [1.29, 1.82) is 0 Å². The zero-order chi connectivity index (χ0) is 15.8. The Morgan fingerprint density at radius 1 is 1.23 bits per heavy atom. The minimum Gasteiger partial charge on any atom is -0.480 e. The second-order valence-electron chi connectivity index (χ2n) is 4.75. The van der Waals surface area contributed by atoms with E-state index < -0.39 is 18.4 Å². The lowest BCUT2D eigenvalue weighted by Crippen LogP contribution is -2.31. The molecule has 2 aromatic rings. The van der Waals surface area contributed by atoms with E-state index >= 15 is 0 Å². The first kappa shape index (κ1) is 15.6. The van der Waals surface area contributed by atoms with Crippen LogP contribution < -0.4 is 5.32 Å². The van der Waals surface area contributed by atoms with E-state index in [1.54, 1.807) is 4.68 Å². The van der Waals surface area contributed by atoms with E-state index in [0.29, 0.717) is 12.4 Å². The molecule has 2 N–H and O–H groups in total. The Morgan fingerprint density at radius 2 is 2.00 bits per heavy atom. The predicted octanol–water partition coefficient (Wildman–Crippen LogP) is 0.0492. The molecule has 2 rings (SSSR count). The fraction of sp³-hybridized carbons (Fsp3) is 0.357. The second kappa shape index (κ2) is 7.87. The standard InChI is InChI=1S/C14H17N5O3/c20-13(15-10-14(21)22)9-12-16-17-18-19(12)8-4-7-11-5-2-1-3-6-11/h1-3,5-6H,4,7-10H2,(H,15,20)(H,21,22). The first-order chi connectivity index (χ1) is 10.6. The van der Waals surface area contributed by atoms with Crippen LogP contribution in [-0.2, 0) is 29.0 Å². The zero-order valence-corrected chi connectivity index (χ0v) is 12.0. The lowest BCUT2D eigenvalue weighted by molar-refractivity contribution is -0.137. The highest BCUT2D eigenvalue weighted by atomic mass is 16.4. The van der Waals surface area contributed by atoms with Gasteiger partial charge < -0.3 is 10.4 Å². The predicted molar refractivity (Wildman–Crippen MR) is 76.9 cm³/mol. The van der Waals surface area contributed by atoms with Crippen molar-refractivity contribution < 1.29 is 14.7 Å². The maximum atomic E-state index is 11.6.